The van der Waals surface area contributed by atoms with Gasteiger partial charge in [-0.1, -0.05) is 104 Å². The first-order valence-electron chi connectivity index (χ1n) is 11.9. The van der Waals surface area contributed by atoms with Crippen LogP contribution in [-0.2, 0) is 35.5 Å². The van der Waals surface area contributed by atoms with E-state index in [0.29, 0.717) is 13.2 Å². The lowest BCUT2D eigenvalue weighted by Gasteiger charge is -2.20. The molecule has 0 saturated carbocycles. The molecule has 0 saturated heterocycles. The van der Waals surface area contributed by atoms with Gasteiger partial charge < -0.3 is 9.47 Å². The molecule has 0 bridgehead atoms. The fourth-order valence-corrected chi connectivity index (χ4v) is 5.01. The average Bonchev–Trinajstić information content (AvgIpc) is 2.79. The van der Waals surface area contributed by atoms with Crippen molar-refractivity contribution in [3.8, 4) is 0 Å². The van der Waals surface area contributed by atoms with Crippen molar-refractivity contribution >= 4 is 13.3 Å². The summed E-state index contributed by atoms with van der Waals surface area (Å²) in [5.41, 5.74) is 5.39. The molecule has 32 heavy (non-hydrogen) atoms. The molecule has 0 aromatic heterocycles. The Bertz CT molecular complexity index is 849. The molecule has 170 valence electrons. The SMILES string of the molecule is C[Si](C)(C)c1cc(CCCOCc2ccccc2)cc(CCCOCc2ccccc2)c1. The summed E-state index contributed by atoms with van der Waals surface area (Å²) in [5.74, 6) is 0. The van der Waals surface area contributed by atoms with Gasteiger partial charge in [0, 0.05) is 13.2 Å². The highest BCUT2D eigenvalue weighted by molar-refractivity contribution is 6.88. The topological polar surface area (TPSA) is 18.5 Å². The van der Waals surface area contributed by atoms with Crippen LogP contribution >= 0.6 is 0 Å². The summed E-state index contributed by atoms with van der Waals surface area (Å²) in [6, 6.07) is 28.1. The Morgan fingerprint density at radius 3 is 1.41 bits per heavy atom. The highest BCUT2D eigenvalue weighted by Gasteiger charge is 2.17. The lowest BCUT2D eigenvalue weighted by molar-refractivity contribution is 0.118. The Labute approximate surface area is 195 Å². The van der Waals surface area contributed by atoms with Crippen LogP contribution in [0.5, 0.6) is 0 Å². The minimum absolute atomic E-state index is 0.698. The Morgan fingerprint density at radius 1 is 0.562 bits per heavy atom. The van der Waals surface area contributed by atoms with E-state index in [2.05, 4.69) is 86.4 Å². The van der Waals surface area contributed by atoms with Gasteiger partial charge in [-0.15, -0.1) is 0 Å². The predicted octanol–water partition coefficient (Wildman–Crippen LogP) is 6.53. The van der Waals surface area contributed by atoms with E-state index in [1.54, 1.807) is 5.19 Å². The number of hydrogen-bond donors (Lipinski definition) is 0. The van der Waals surface area contributed by atoms with E-state index in [4.69, 9.17) is 9.47 Å². The van der Waals surface area contributed by atoms with Crippen LogP contribution in [0.1, 0.15) is 35.1 Å². The monoisotopic (exact) mass is 446 g/mol. The van der Waals surface area contributed by atoms with Gasteiger partial charge >= 0.3 is 0 Å². The third-order valence-corrected chi connectivity index (χ3v) is 7.67. The minimum Gasteiger partial charge on any atom is -0.377 e. The summed E-state index contributed by atoms with van der Waals surface area (Å²) in [6.07, 6.45) is 4.26. The zero-order chi connectivity index (χ0) is 22.7. The van der Waals surface area contributed by atoms with Crippen molar-refractivity contribution in [1.82, 2.24) is 0 Å². The normalized spacial score (nSPS) is 11.6. The van der Waals surface area contributed by atoms with Crippen LogP contribution in [0.3, 0.4) is 0 Å². The molecule has 0 fully saturated rings. The number of rotatable bonds is 13. The molecule has 0 amide bonds. The summed E-state index contributed by atoms with van der Waals surface area (Å²) in [7, 11) is -1.36. The third kappa shape index (κ3) is 8.74. The van der Waals surface area contributed by atoms with Crippen molar-refractivity contribution in [3.05, 3.63) is 101 Å². The van der Waals surface area contributed by atoms with Crippen LogP contribution < -0.4 is 5.19 Å². The van der Waals surface area contributed by atoms with E-state index in [9.17, 15) is 0 Å². The van der Waals surface area contributed by atoms with Gasteiger partial charge in [0.25, 0.3) is 0 Å². The van der Waals surface area contributed by atoms with E-state index < -0.39 is 8.07 Å². The maximum atomic E-state index is 5.89. The second-order valence-electron chi connectivity index (χ2n) is 9.57. The fourth-order valence-electron chi connectivity index (χ4n) is 3.77. The van der Waals surface area contributed by atoms with E-state index in [-0.39, 0.29) is 0 Å². The molecule has 0 heterocycles. The van der Waals surface area contributed by atoms with E-state index in [1.165, 1.54) is 22.3 Å². The lowest BCUT2D eigenvalue weighted by atomic mass is 10.0. The second kappa shape index (κ2) is 12.7. The number of hydrogen-bond acceptors (Lipinski definition) is 2. The van der Waals surface area contributed by atoms with Crippen molar-refractivity contribution in [2.45, 2.75) is 58.5 Å². The van der Waals surface area contributed by atoms with Crippen molar-refractivity contribution in [2.75, 3.05) is 13.2 Å². The minimum atomic E-state index is -1.36. The predicted molar refractivity (Wildman–Crippen MR) is 138 cm³/mol. The standard InChI is InChI=1S/C29H38O2Si/c1-32(2,3)29-21-27(16-10-18-30-23-25-12-6-4-7-13-25)20-28(22-29)17-11-19-31-24-26-14-8-5-9-15-26/h4-9,12-15,20-22H,10-11,16-19,23-24H2,1-3H3. The van der Waals surface area contributed by atoms with E-state index in [0.717, 1.165) is 38.9 Å². The Morgan fingerprint density at radius 2 is 1.00 bits per heavy atom. The van der Waals surface area contributed by atoms with Crippen molar-refractivity contribution in [3.63, 3.8) is 0 Å². The quantitative estimate of drug-likeness (QED) is 0.219. The van der Waals surface area contributed by atoms with Gasteiger partial charge in [0.2, 0.25) is 0 Å². The van der Waals surface area contributed by atoms with Gasteiger partial charge in [-0.05, 0) is 47.9 Å². The molecule has 0 unspecified atom stereocenters. The first-order chi connectivity index (χ1) is 15.5. The van der Waals surface area contributed by atoms with Crippen LogP contribution in [0.2, 0.25) is 19.6 Å². The Kier molecular flexibility index (Phi) is 9.73. The Balaban J connectivity index is 1.46. The Hall–Kier alpha value is -2.20. The number of aryl methyl sites for hydroxylation is 2. The summed E-state index contributed by atoms with van der Waals surface area (Å²) in [4.78, 5) is 0. The molecule has 0 spiro atoms. The summed E-state index contributed by atoms with van der Waals surface area (Å²) >= 11 is 0. The molecule has 0 N–H and O–H groups in total. The maximum absolute atomic E-state index is 5.89. The zero-order valence-corrected chi connectivity index (χ0v) is 21.0. The van der Waals surface area contributed by atoms with Gasteiger partial charge in [-0.2, -0.15) is 0 Å². The van der Waals surface area contributed by atoms with Crippen LogP contribution in [0.25, 0.3) is 0 Å². The summed E-state index contributed by atoms with van der Waals surface area (Å²) < 4.78 is 11.8. The molecule has 3 rings (SSSR count). The first-order valence-corrected chi connectivity index (χ1v) is 15.4. The molecular weight excluding hydrogens is 408 g/mol. The molecule has 3 aromatic carbocycles. The zero-order valence-electron chi connectivity index (χ0n) is 20.0. The van der Waals surface area contributed by atoms with Crippen molar-refractivity contribution in [1.29, 1.82) is 0 Å². The molecule has 0 radical (unpaired) electrons. The van der Waals surface area contributed by atoms with Crippen LogP contribution in [-0.4, -0.2) is 21.3 Å². The highest BCUT2D eigenvalue weighted by Crippen LogP contribution is 2.14. The lowest BCUT2D eigenvalue weighted by Crippen LogP contribution is -2.38. The molecule has 0 aliphatic carbocycles. The molecule has 3 aromatic rings. The number of ether oxygens (including phenoxy) is 2. The fraction of sp³-hybridized carbons (Fsp3) is 0.379. The molecule has 0 aliphatic rings. The van der Waals surface area contributed by atoms with Crippen LogP contribution in [0.4, 0.5) is 0 Å². The highest BCUT2D eigenvalue weighted by atomic mass is 28.3. The molecule has 3 heteroatoms. The number of benzene rings is 3. The van der Waals surface area contributed by atoms with E-state index in [1.807, 2.05) is 12.1 Å². The van der Waals surface area contributed by atoms with Gasteiger partial charge in [-0.3, -0.25) is 0 Å². The molecular formula is C29H38O2Si. The van der Waals surface area contributed by atoms with Crippen molar-refractivity contribution < 1.29 is 9.47 Å². The van der Waals surface area contributed by atoms with Gasteiger partial charge in [0.05, 0.1) is 21.3 Å². The second-order valence-corrected chi connectivity index (χ2v) is 14.6. The molecule has 0 atom stereocenters. The summed E-state index contributed by atoms with van der Waals surface area (Å²) in [5, 5.41) is 1.56. The van der Waals surface area contributed by atoms with Gasteiger partial charge in [0.1, 0.15) is 0 Å². The molecule has 0 aliphatic heterocycles. The van der Waals surface area contributed by atoms with Crippen LogP contribution in [0, 0.1) is 0 Å². The van der Waals surface area contributed by atoms with Crippen LogP contribution in [0.15, 0.2) is 78.9 Å². The van der Waals surface area contributed by atoms with Crippen molar-refractivity contribution in [2.24, 2.45) is 0 Å². The van der Waals surface area contributed by atoms with E-state index >= 15 is 0 Å². The largest absolute Gasteiger partial charge is 0.377 e. The summed E-state index contributed by atoms with van der Waals surface area (Å²) in [6.45, 7) is 10.3. The molecule has 2 nitrogen and oxygen atoms in total. The van der Waals surface area contributed by atoms with Gasteiger partial charge in [-0.25, -0.2) is 0 Å². The third-order valence-electron chi connectivity index (χ3n) is 5.65. The average molecular weight is 447 g/mol. The maximum Gasteiger partial charge on any atom is 0.0776 e. The van der Waals surface area contributed by atoms with Gasteiger partial charge in [0.15, 0.2) is 0 Å². The first kappa shape index (κ1) is 24.4. The smallest absolute Gasteiger partial charge is 0.0776 e.